The highest BCUT2D eigenvalue weighted by molar-refractivity contribution is 7.34. The zero-order chi connectivity index (χ0) is 8.36. The highest BCUT2D eigenvalue weighted by Crippen LogP contribution is 2.28. The summed E-state index contributed by atoms with van der Waals surface area (Å²) in [5, 5.41) is -1.40. The van der Waals surface area contributed by atoms with Gasteiger partial charge in [0.05, 0.1) is 7.11 Å². The molecule has 0 saturated carbocycles. The molecule has 0 rings (SSSR count). The summed E-state index contributed by atoms with van der Waals surface area (Å²) in [7, 11) is -1.61. The zero-order valence-electron chi connectivity index (χ0n) is 6.08. The zero-order valence-corrected chi connectivity index (χ0v) is 6.97. The van der Waals surface area contributed by atoms with Crippen molar-refractivity contribution in [3.63, 3.8) is 0 Å². The summed E-state index contributed by atoms with van der Waals surface area (Å²) >= 11 is 0. The first kappa shape index (κ1) is 9.37. The molecule has 0 unspecified atom stereocenters. The molecule has 0 saturated heterocycles. The van der Waals surface area contributed by atoms with Crippen LogP contribution in [0.2, 0.25) is 0 Å². The molecule has 0 aliphatic carbocycles. The van der Waals surface area contributed by atoms with Crippen LogP contribution < -0.4 is 0 Å². The van der Waals surface area contributed by atoms with Gasteiger partial charge in [0.2, 0.25) is 0 Å². The topological polar surface area (TPSA) is 60.4 Å². The number of esters is 1. The lowest BCUT2D eigenvalue weighted by Gasteiger charge is -2.10. The van der Waals surface area contributed by atoms with E-state index in [0.717, 1.165) is 7.11 Å². The first-order valence-corrected chi connectivity index (χ1v) is 3.83. The Morgan fingerprint density at radius 3 is 1.90 bits per heavy atom. The molecule has 10 heavy (non-hydrogen) atoms. The molecule has 0 spiro atoms. The van der Waals surface area contributed by atoms with Gasteiger partial charge in [-0.05, 0) is 13.8 Å². The quantitative estimate of drug-likeness (QED) is 0.453. The molecule has 0 radical (unpaired) electrons. The average molecular weight is 164 g/mol. The van der Waals surface area contributed by atoms with Crippen molar-refractivity contribution in [3.8, 4) is 0 Å². The summed E-state index contributed by atoms with van der Waals surface area (Å²) in [5.74, 6) is -0.733. The molecule has 0 aliphatic heterocycles. The number of carbonyl (C=O) groups excluding carboxylic acids is 1. The largest absolute Gasteiger partial charge is 0.468 e. The van der Waals surface area contributed by atoms with E-state index >= 15 is 0 Å². The molecular weight excluding hydrogens is 155 g/mol. The van der Waals surface area contributed by atoms with E-state index in [9.17, 15) is 13.9 Å². The predicted octanol–water partition coefficient (Wildman–Crippen LogP) is 1.11. The number of hydrogen-bond donors (Lipinski definition) is 0. The van der Waals surface area contributed by atoms with Gasteiger partial charge in [0.15, 0.2) is 5.16 Å². The average Bonchev–Trinajstić information content (AvgIpc) is 1.86. The smallest absolute Gasteiger partial charge is 0.332 e. The van der Waals surface area contributed by atoms with Crippen LogP contribution in [0.4, 0.5) is 0 Å². The Morgan fingerprint density at radius 2 is 1.80 bits per heavy atom. The van der Waals surface area contributed by atoms with Crippen molar-refractivity contribution < 1.29 is 18.7 Å². The molecule has 0 aromatic heterocycles. The van der Waals surface area contributed by atoms with Crippen LogP contribution in [0.3, 0.4) is 0 Å². The van der Waals surface area contributed by atoms with Crippen molar-refractivity contribution in [1.29, 1.82) is 0 Å². The van der Waals surface area contributed by atoms with Crippen LogP contribution in [0.1, 0.15) is 13.8 Å². The SMILES string of the molecule is COC(=O)C(C)(C)P(=O)=O. The molecule has 0 atom stereocenters. The van der Waals surface area contributed by atoms with Gasteiger partial charge in [0, 0.05) is 0 Å². The minimum absolute atomic E-state index is 0.733. The molecule has 0 aromatic rings. The lowest BCUT2D eigenvalue weighted by Crippen LogP contribution is -2.27. The second kappa shape index (κ2) is 2.97. The minimum atomic E-state index is -2.76. The third-order valence-electron chi connectivity index (χ3n) is 1.14. The second-order valence-corrected chi connectivity index (χ2v) is 3.94. The van der Waals surface area contributed by atoms with Gasteiger partial charge in [-0.25, -0.2) is 9.13 Å². The van der Waals surface area contributed by atoms with Crippen LogP contribution in [0, 0.1) is 0 Å². The molecule has 0 aromatic carbocycles. The molecule has 0 amide bonds. The third kappa shape index (κ3) is 1.67. The molecule has 4 nitrogen and oxygen atoms in total. The fourth-order valence-corrected chi connectivity index (χ4v) is 0.565. The Balaban J connectivity index is 4.56. The monoisotopic (exact) mass is 164 g/mol. The van der Waals surface area contributed by atoms with Gasteiger partial charge in [0.25, 0.3) is 0 Å². The molecular formula is C5H9O4P. The van der Waals surface area contributed by atoms with Crippen molar-refractivity contribution >= 4 is 13.6 Å². The molecule has 0 fully saturated rings. The van der Waals surface area contributed by atoms with E-state index in [1.54, 1.807) is 0 Å². The van der Waals surface area contributed by atoms with Crippen molar-refractivity contribution in [2.75, 3.05) is 7.11 Å². The van der Waals surface area contributed by atoms with Crippen LogP contribution in [0.5, 0.6) is 0 Å². The second-order valence-electron chi connectivity index (χ2n) is 2.31. The van der Waals surface area contributed by atoms with Crippen LogP contribution in [0.25, 0.3) is 0 Å². The normalized spacial score (nSPS) is 10.7. The summed E-state index contributed by atoms with van der Waals surface area (Å²) < 4.78 is 25.0. The van der Waals surface area contributed by atoms with Gasteiger partial charge in [-0.2, -0.15) is 0 Å². The van der Waals surface area contributed by atoms with Crippen LogP contribution >= 0.6 is 7.68 Å². The Morgan fingerprint density at radius 1 is 1.40 bits per heavy atom. The summed E-state index contributed by atoms with van der Waals surface area (Å²) in [5.41, 5.74) is 0. The number of rotatable bonds is 2. The van der Waals surface area contributed by atoms with Crippen molar-refractivity contribution in [3.05, 3.63) is 0 Å². The maximum Gasteiger partial charge on any atom is 0.332 e. The maximum absolute atomic E-state index is 10.7. The Bertz CT molecular complexity index is 196. The van der Waals surface area contributed by atoms with Crippen LogP contribution in [0.15, 0.2) is 0 Å². The van der Waals surface area contributed by atoms with E-state index in [1.165, 1.54) is 13.8 Å². The van der Waals surface area contributed by atoms with Gasteiger partial charge >= 0.3 is 13.6 Å². The molecule has 0 N–H and O–H groups in total. The minimum Gasteiger partial charge on any atom is -0.468 e. The first-order chi connectivity index (χ1) is 4.42. The molecule has 0 aliphatic rings. The summed E-state index contributed by atoms with van der Waals surface area (Å²) in [6.07, 6.45) is 0. The van der Waals surface area contributed by atoms with Gasteiger partial charge < -0.3 is 4.74 Å². The van der Waals surface area contributed by atoms with Crippen molar-refractivity contribution in [2.45, 2.75) is 19.0 Å². The molecule has 0 heterocycles. The highest BCUT2D eigenvalue weighted by Gasteiger charge is 2.35. The van der Waals surface area contributed by atoms with Crippen LogP contribution in [-0.4, -0.2) is 18.2 Å². The number of methoxy groups -OCH3 is 1. The number of carbonyl (C=O) groups is 1. The van der Waals surface area contributed by atoms with Crippen LogP contribution in [-0.2, 0) is 18.7 Å². The van der Waals surface area contributed by atoms with Gasteiger partial charge in [-0.1, -0.05) is 0 Å². The molecule has 0 bridgehead atoms. The fraction of sp³-hybridized carbons (Fsp3) is 0.800. The molecule has 58 valence electrons. The summed E-state index contributed by atoms with van der Waals surface area (Å²) in [6.45, 7) is 2.59. The van der Waals surface area contributed by atoms with Gasteiger partial charge in [-0.15, -0.1) is 0 Å². The van der Waals surface area contributed by atoms with E-state index in [1.807, 2.05) is 0 Å². The van der Waals surface area contributed by atoms with E-state index in [2.05, 4.69) is 4.74 Å². The maximum atomic E-state index is 10.7. The fourth-order valence-electron chi connectivity index (χ4n) is 0.324. The highest BCUT2D eigenvalue weighted by atomic mass is 31.1. The van der Waals surface area contributed by atoms with E-state index < -0.39 is 18.8 Å². The van der Waals surface area contributed by atoms with Gasteiger partial charge in [0.1, 0.15) is 0 Å². The lowest BCUT2D eigenvalue weighted by atomic mass is 10.2. The Hall–Kier alpha value is -0.630. The van der Waals surface area contributed by atoms with Crippen molar-refractivity contribution in [1.82, 2.24) is 0 Å². The van der Waals surface area contributed by atoms with E-state index in [-0.39, 0.29) is 0 Å². The first-order valence-electron chi connectivity index (χ1n) is 2.66. The molecule has 5 heteroatoms. The number of hydrogen-bond acceptors (Lipinski definition) is 4. The Labute approximate surface area is 59.4 Å². The standard InChI is InChI=1S/C5H9O4P/c1-5(2,10(7)8)4(6)9-3/h1-3H3. The third-order valence-corrected chi connectivity index (χ3v) is 2.24. The summed E-state index contributed by atoms with van der Waals surface area (Å²) in [4.78, 5) is 10.7. The summed E-state index contributed by atoms with van der Waals surface area (Å²) in [6, 6.07) is 0. The predicted molar refractivity (Wildman–Crippen MR) is 34.4 cm³/mol. The van der Waals surface area contributed by atoms with E-state index in [4.69, 9.17) is 0 Å². The Kier molecular flexibility index (Phi) is 2.78. The number of ether oxygens (including phenoxy) is 1. The van der Waals surface area contributed by atoms with Gasteiger partial charge in [-0.3, -0.25) is 4.79 Å². The van der Waals surface area contributed by atoms with Crippen molar-refractivity contribution in [2.24, 2.45) is 0 Å². The van der Waals surface area contributed by atoms with E-state index in [0.29, 0.717) is 0 Å². The lowest BCUT2D eigenvalue weighted by molar-refractivity contribution is -0.142.